The zero-order chi connectivity index (χ0) is 21.3. The molecule has 0 aromatic heterocycles. The Labute approximate surface area is 170 Å². The van der Waals surface area contributed by atoms with Crippen molar-refractivity contribution in [2.75, 3.05) is 39.8 Å². The standard InChI is InChI=1S/C20H31F3N4O2/c1-3-24-19(26-13-16-12-17(29-2)4-5-18(16)28)25-9-6-15-7-10-27(11-8-15)14-20(21,22)23/h4-5,12,15,28H,3,6-11,13-14H2,1-2H3,(H2,24,25,26). The number of aliphatic imine (C=N–C) groups is 1. The predicted molar refractivity (Wildman–Crippen MR) is 107 cm³/mol. The highest BCUT2D eigenvalue weighted by molar-refractivity contribution is 5.79. The summed E-state index contributed by atoms with van der Waals surface area (Å²) in [6, 6.07) is 5.01. The lowest BCUT2D eigenvalue weighted by molar-refractivity contribution is -0.148. The van der Waals surface area contributed by atoms with Crippen molar-refractivity contribution in [1.82, 2.24) is 15.5 Å². The van der Waals surface area contributed by atoms with Gasteiger partial charge in [0, 0.05) is 18.7 Å². The van der Waals surface area contributed by atoms with Crippen molar-refractivity contribution in [1.29, 1.82) is 0 Å². The summed E-state index contributed by atoms with van der Waals surface area (Å²) in [5.74, 6) is 1.88. The van der Waals surface area contributed by atoms with Crippen LogP contribution in [0.5, 0.6) is 11.5 Å². The molecule has 1 aromatic rings. The first-order valence-electron chi connectivity index (χ1n) is 9.98. The average molecular weight is 416 g/mol. The van der Waals surface area contributed by atoms with Crippen LogP contribution in [0.15, 0.2) is 23.2 Å². The number of nitrogens with one attached hydrogen (secondary N) is 2. The third kappa shape index (κ3) is 8.39. The van der Waals surface area contributed by atoms with Crippen LogP contribution in [0.4, 0.5) is 13.2 Å². The van der Waals surface area contributed by atoms with E-state index in [4.69, 9.17) is 4.74 Å². The number of phenolic OH excluding ortho intramolecular Hbond substituents is 1. The average Bonchev–Trinajstić information content (AvgIpc) is 2.67. The molecule has 1 heterocycles. The van der Waals surface area contributed by atoms with Crippen molar-refractivity contribution in [3.63, 3.8) is 0 Å². The Kier molecular flexibility index (Phi) is 8.88. The molecule has 0 saturated carbocycles. The highest BCUT2D eigenvalue weighted by Gasteiger charge is 2.32. The second-order valence-electron chi connectivity index (χ2n) is 7.24. The Hall–Kier alpha value is -2.16. The molecule has 3 N–H and O–H groups in total. The van der Waals surface area contributed by atoms with E-state index in [-0.39, 0.29) is 5.75 Å². The van der Waals surface area contributed by atoms with Gasteiger partial charge in [-0.15, -0.1) is 0 Å². The smallest absolute Gasteiger partial charge is 0.401 e. The van der Waals surface area contributed by atoms with Crippen molar-refractivity contribution >= 4 is 5.96 Å². The fourth-order valence-corrected chi connectivity index (χ4v) is 3.40. The molecule has 0 bridgehead atoms. The minimum Gasteiger partial charge on any atom is -0.508 e. The molecule has 6 nitrogen and oxygen atoms in total. The lowest BCUT2D eigenvalue weighted by Crippen LogP contribution is -2.41. The van der Waals surface area contributed by atoms with E-state index >= 15 is 0 Å². The second kappa shape index (κ2) is 11.1. The molecule has 29 heavy (non-hydrogen) atoms. The zero-order valence-corrected chi connectivity index (χ0v) is 17.1. The monoisotopic (exact) mass is 416 g/mol. The number of likely N-dealkylation sites (tertiary alicyclic amines) is 1. The number of hydrogen-bond donors (Lipinski definition) is 3. The van der Waals surface area contributed by atoms with Gasteiger partial charge in [-0.05, 0) is 63.4 Å². The summed E-state index contributed by atoms with van der Waals surface area (Å²) in [6.07, 6.45) is -1.68. The van der Waals surface area contributed by atoms with Crippen molar-refractivity contribution in [3.8, 4) is 11.5 Å². The number of ether oxygens (including phenoxy) is 1. The Morgan fingerprint density at radius 3 is 2.62 bits per heavy atom. The van der Waals surface area contributed by atoms with Gasteiger partial charge in [-0.3, -0.25) is 4.90 Å². The number of halogens is 3. The van der Waals surface area contributed by atoms with Gasteiger partial charge < -0.3 is 20.5 Å². The molecule has 1 fully saturated rings. The normalized spacial score (nSPS) is 16.7. The van der Waals surface area contributed by atoms with Gasteiger partial charge in [0.1, 0.15) is 11.5 Å². The van der Waals surface area contributed by atoms with Crippen LogP contribution in [0.25, 0.3) is 0 Å². The van der Waals surface area contributed by atoms with Gasteiger partial charge in [-0.1, -0.05) is 0 Å². The van der Waals surface area contributed by atoms with Crippen LogP contribution in [-0.2, 0) is 6.54 Å². The van der Waals surface area contributed by atoms with E-state index in [1.807, 2.05) is 6.92 Å². The van der Waals surface area contributed by atoms with Gasteiger partial charge in [0.2, 0.25) is 0 Å². The number of methoxy groups -OCH3 is 1. The molecule has 2 rings (SSSR count). The molecule has 0 radical (unpaired) electrons. The minimum absolute atomic E-state index is 0.163. The molecule has 0 spiro atoms. The molecule has 0 aliphatic carbocycles. The maximum atomic E-state index is 12.5. The molecule has 1 aliphatic rings. The van der Waals surface area contributed by atoms with E-state index in [1.54, 1.807) is 25.3 Å². The first-order chi connectivity index (χ1) is 13.8. The first kappa shape index (κ1) is 23.1. The maximum Gasteiger partial charge on any atom is 0.401 e. The number of hydrogen-bond acceptors (Lipinski definition) is 4. The summed E-state index contributed by atoms with van der Waals surface area (Å²) in [6.45, 7) is 3.84. The van der Waals surface area contributed by atoms with Crippen LogP contribution < -0.4 is 15.4 Å². The summed E-state index contributed by atoms with van der Waals surface area (Å²) in [5.41, 5.74) is 0.665. The minimum atomic E-state index is -4.12. The lowest BCUT2D eigenvalue weighted by Gasteiger charge is -2.32. The third-order valence-corrected chi connectivity index (χ3v) is 4.99. The van der Waals surface area contributed by atoms with Crippen LogP contribution >= 0.6 is 0 Å². The molecule has 0 amide bonds. The fraction of sp³-hybridized carbons (Fsp3) is 0.650. The number of piperidine rings is 1. The van der Waals surface area contributed by atoms with Gasteiger partial charge in [-0.25, -0.2) is 4.99 Å². The van der Waals surface area contributed by atoms with Crippen LogP contribution in [0.3, 0.4) is 0 Å². The molecule has 164 valence electrons. The Morgan fingerprint density at radius 1 is 1.28 bits per heavy atom. The van der Waals surface area contributed by atoms with Crippen molar-refractivity contribution in [3.05, 3.63) is 23.8 Å². The summed E-state index contributed by atoms with van der Waals surface area (Å²) >= 11 is 0. The van der Waals surface area contributed by atoms with Gasteiger partial charge in [0.05, 0.1) is 20.2 Å². The quantitative estimate of drug-likeness (QED) is 0.449. The van der Waals surface area contributed by atoms with Gasteiger partial charge in [0.25, 0.3) is 0 Å². The highest BCUT2D eigenvalue weighted by Crippen LogP contribution is 2.24. The van der Waals surface area contributed by atoms with E-state index in [1.165, 1.54) is 4.90 Å². The third-order valence-electron chi connectivity index (χ3n) is 4.99. The number of guanidine groups is 1. The number of phenols is 1. The number of nitrogens with zero attached hydrogens (tertiary/aromatic N) is 2. The van der Waals surface area contributed by atoms with Gasteiger partial charge in [0.15, 0.2) is 5.96 Å². The predicted octanol–water partition coefficient (Wildman–Crippen LogP) is 3.12. The fourth-order valence-electron chi connectivity index (χ4n) is 3.40. The molecule has 0 unspecified atom stereocenters. The molecular weight excluding hydrogens is 385 g/mol. The summed E-state index contributed by atoms with van der Waals surface area (Å²) in [5, 5.41) is 16.4. The van der Waals surface area contributed by atoms with Crippen molar-refractivity contribution in [2.45, 2.75) is 38.9 Å². The Morgan fingerprint density at radius 2 is 2.00 bits per heavy atom. The van der Waals surface area contributed by atoms with Crippen molar-refractivity contribution < 1.29 is 23.0 Å². The van der Waals surface area contributed by atoms with E-state index < -0.39 is 12.7 Å². The molecule has 0 atom stereocenters. The largest absolute Gasteiger partial charge is 0.508 e. The summed E-state index contributed by atoms with van der Waals surface area (Å²) < 4.78 is 42.6. The topological polar surface area (TPSA) is 69.1 Å². The summed E-state index contributed by atoms with van der Waals surface area (Å²) in [7, 11) is 1.57. The van der Waals surface area contributed by atoms with E-state index in [9.17, 15) is 18.3 Å². The number of rotatable bonds is 8. The molecule has 1 aromatic carbocycles. The molecule has 1 aliphatic heterocycles. The van der Waals surface area contributed by atoms with Gasteiger partial charge in [-0.2, -0.15) is 13.2 Å². The van der Waals surface area contributed by atoms with Crippen LogP contribution in [-0.4, -0.2) is 62.0 Å². The maximum absolute atomic E-state index is 12.5. The summed E-state index contributed by atoms with van der Waals surface area (Å²) in [4.78, 5) is 5.98. The highest BCUT2D eigenvalue weighted by atomic mass is 19.4. The molecule has 9 heteroatoms. The zero-order valence-electron chi connectivity index (χ0n) is 17.1. The van der Waals surface area contributed by atoms with E-state index in [0.29, 0.717) is 55.9 Å². The van der Waals surface area contributed by atoms with Crippen LogP contribution in [0.2, 0.25) is 0 Å². The Balaban J connectivity index is 1.79. The first-order valence-corrected chi connectivity index (χ1v) is 9.98. The van der Waals surface area contributed by atoms with E-state index in [2.05, 4.69) is 15.6 Å². The van der Waals surface area contributed by atoms with Crippen LogP contribution in [0, 0.1) is 5.92 Å². The second-order valence-corrected chi connectivity index (χ2v) is 7.24. The molecule has 1 saturated heterocycles. The SMILES string of the molecule is CCNC(=NCc1cc(OC)ccc1O)NCCC1CCN(CC(F)(F)F)CC1. The number of alkyl halides is 3. The lowest BCUT2D eigenvalue weighted by atomic mass is 9.93. The number of benzene rings is 1. The Bertz CT molecular complexity index is 660. The number of aromatic hydroxyl groups is 1. The van der Waals surface area contributed by atoms with E-state index in [0.717, 1.165) is 19.3 Å². The van der Waals surface area contributed by atoms with Crippen molar-refractivity contribution in [2.24, 2.45) is 10.9 Å². The van der Waals surface area contributed by atoms with Gasteiger partial charge >= 0.3 is 6.18 Å². The van der Waals surface area contributed by atoms with Crippen LogP contribution in [0.1, 0.15) is 31.7 Å². The molecular formula is C20H31F3N4O2.